The van der Waals surface area contributed by atoms with Crippen LogP contribution in [-0.2, 0) is 0 Å². The molecule has 1 heterocycles. The van der Waals surface area contributed by atoms with E-state index >= 15 is 0 Å². The molecule has 0 aliphatic carbocycles. The van der Waals surface area contributed by atoms with Gasteiger partial charge in [-0.1, -0.05) is 49.0 Å². The number of benzene rings is 3. The normalized spacial score (nSPS) is 12.8. The van der Waals surface area contributed by atoms with Gasteiger partial charge in [0.15, 0.2) is 0 Å². The average molecular weight is 271 g/mol. The summed E-state index contributed by atoms with van der Waals surface area (Å²) >= 11 is 0. The molecule has 0 atom stereocenters. The first-order valence-corrected chi connectivity index (χ1v) is 7.01. The van der Waals surface area contributed by atoms with E-state index in [1.165, 1.54) is 22.0 Å². The van der Waals surface area contributed by atoms with Crippen LogP contribution in [0.3, 0.4) is 0 Å². The van der Waals surface area contributed by atoms with Gasteiger partial charge >= 0.3 is 0 Å². The Labute approximate surface area is 123 Å². The molecule has 2 nitrogen and oxygen atoms in total. The predicted molar refractivity (Wildman–Crippen MR) is 88.2 cm³/mol. The van der Waals surface area contributed by atoms with Crippen molar-refractivity contribution < 1.29 is 4.58 Å². The monoisotopic (exact) mass is 271 g/mol. The number of para-hydroxylation sites is 1. The second kappa shape index (κ2) is 4.60. The third kappa shape index (κ3) is 1.77. The Kier molecular flexibility index (Phi) is 2.61. The lowest BCUT2D eigenvalue weighted by atomic mass is 10.0. The summed E-state index contributed by atoms with van der Waals surface area (Å²) in [5.41, 5.74) is 3.47. The van der Waals surface area contributed by atoms with Crippen molar-refractivity contribution in [2.45, 2.75) is 0 Å². The number of hydrogen-bond donors (Lipinski definition) is 1. The van der Waals surface area contributed by atoms with Crippen molar-refractivity contribution in [2.24, 2.45) is 0 Å². The second-order valence-corrected chi connectivity index (χ2v) is 5.07. The third-order valence-electron chi connectivity index (χ3n) is 3.86. The Morgan fingerprint density at radius 1 is 0.857 bits per heavy atom. The van der Waals surface area contributed by atoms with Crippen LogP contribution in [0.25, 0.3) is 10.8 Å². The zero-order chi connectivity index (χ0) is 14.2. The van der Waals surface area contributed by atoms with Crippen LogP contribution < -0.4 is 5.32 Å². The average Bonchev–Trinajstić information content (AvgIpc) is 2.84. The lowest BCUT2D eigenvalue weighted by Gasteiger charge is -2.02. The highest BCUT2D eigenvalue weighted by Crippen LogP contribution is 2.35. The van der Waals surface area contributed by atoms with Crippen molar-refractivity contribution >= 4 is 28.0 Å². The van der Waals surface area contributed by atoms with Crippen molar-refractivity contribution in [3.63, 3.8) is 0 Å². The fourth-order valence-electron chi connectivity index (χ4n) is 2.94. The van der Waals surface area contributed by atoms with Crippen LogP contribution in [0.2, 0.25) is 0 Å². The van der Waals surface area contributed by atoms with Crippen molar-refractivity contribution in [2.75, 3.05) is 5.32 Å². The van der Waals surface area contributed by atoms with Crippen molar-refractivity contribution in [1.82, 2.24) is 0 Å². The summed E-state index contributed by atoms with van der Waals surface area (Å²) in [5.74, 6) is 1.06. The van der Waals surface area contributed by atoms with Crippen molar-refractivity contribution in [1.29, 1.82) is 0 Å². The quantitative estimate of drug-likeness (QED) is 0.678. The van der Waals surface area contributed by atoms with Crippen LogP contribution in [-0.4, -0.2) is 10.4 Å². The van der Waals surface area contributed by atoms with Gasteiger partial charge in [0.2, 0.25) is 0 Å². The van der Waals surface area contributed by atoms with Crippen LogP contribution >= 0.6 is 0 Å². The molecule has 1 aliphatic heterocycles. The maximum atomic E-state index is 3.97. The van der Waals surface area contributed by atoms with Gasteiger partial charge in [-0.25, -0.2) is 5.32 Å². The van der Waals surface area contributed by atoms with Crippen molar-refractivity contribution in [3.05, 3.63) is 85.1 Å². The molecular formula is C19H15N2+. The second-order valence-electron chi connectivity index (χ2n) is 5.07. The third-order valence-corrected chi connectivity index (χ3v) is 3.86. The molecule has 0 saturated heterocycles. The molecule has 0 spiro atoms. The Morgan fingerprint density at radius 3 is 2.38 bits per heavy atom. The Morgan fingerprint density at radius 2 is 1.62 bits per heavy atom. The molecule has 0 amide bonds. The smallest absolute Gasteiger partial charge is 0.240 e. The summed E-state index contributed by atoms with van der Waals surface area (Å²) in [7, 11) is 0. The van der Waals surface area contributed by atoms with Gasteiger partial charge in [-0.05, 0) is 29.7 Å². The molecule has 1 aliphatic rings. The lowest BCUT2D eigenvalue weighted by molar-refractivity contribution is -0.354. The van der Waals surface area contributed by atoms with Crippen LogP contribution in [0.1, 0.15) is 5.56 Å². The van der Waals surface area contributed by atoms with Crippen LogP contribution in [0.15, 0.2) is 79.5 Å². The van der Waals surface area contributed by atoms with Gasteiger partial charge in [-0.3, -0.25) is 0 Å². The van der Waals surface area contributed by atoms with E-state index in [2.05, 4.69) is 65.0 Å². The first-order chi connectivity index (χ1) is 10.4. The number of nitrogens with zero attached hydrogens (tertiary/aromatic N) is 1. The molecule has 0 aromatic heterocycles. The van der Waals surface area contributed by atoms with Gasteiger partial charge in [-0.15, -0.1) is 0 Å². The van der Waals surface area contributed by atoms with E-state index in [1.54, 1.807) is 0 Å². The summed E-state index contributed by atoms with van der Waals surface area (Å²) in [5, 5.41) is 6.05. The molecule has 100 valence electrons. The summed E-state index contributed by atoms with van der Waals surface area (Å²) < 4.78 is 2.12. The minimum Gasteiger partial charge on any atom is -0.240 e. The van der Waals surface area contributed by atoms with Gasteiger partial charge in [0.05, 0.1) is 11.8 Å². The summed E-state index contributed by atoms with van der Waals surface area (Å²) in [4.78, 5) is 0. The highest BCUT2D eigenvalue weighted by atomic mass is 15.1. The first kappa shape index (κ1) is 11.9. The number of hydrogen-bond acceptors (Lipinski definition) is 1. The highest BCUT2D eigenvalue weighted by Gasteiger charge is 2.28. The van der Waals surface area contributed by atoms with Gasteiger partial charge in [0.1, 0.15) is 11.4 Å². The summed E-state index contributed by atoms with van der Waals surface area (Å²) in [6.07, 6.45) is 1.86. The number of nitrogens with one attached hydrogen (secondary N) is 1. The topological polar surface area (TPSA) is 15.0 Å². The lowest BCUT2D eigenvalue weighted by Crippen LogP contribution is -2.19. The molecule has 0 bridgehead atoms. The molecule has 0 radical (unpaired) electrons. The maximum Gasteiger partial charge on any atom is 0.292 e. The van der Waals surface area contributed by atoms with Gasteiger partial charge in [-0.2, -0.15) is 4.58 Å². The molecule has 4 rings (SSSR count). The van der Waals surface area contributed by atoms with Crippen LogP contribution in [0, 0.1) is 0 Å². The van der Waals surface area contributed by atoms with Crippen LogP contribution in [0.5, 0.6) is 0 Å². The van der Waals surface area contributed by atoms with Gasteiger partial charge < -0.3 is 0 Å². The zero-order valence-corrected chi connectivity index (χ0v) is 11.6. The van der Waals surface area contributed by atoms with Crippen LogP contribution in [0.4, 0.5) is 11.4 Å². The Bertz CT molecular complexity index is 871. The number of rotatable bonds is 2. The predicted octanol–water partition coefficient (Wildman–Crippen LogP) is 4.50. The van der Waals surface area contributed by atoms with E-state index in [1.807, 2.05) is 24.4 Å². The van der Waals surface area contributed by atoms with E-state index in [4.69, 9.17) is 0 Å². The molecule has 0 fully saturated rings. The first-order valence-electron chi connectivity index (χ1n) is 7.01. The van der Waals surface area contributed by atoms with E-state index < -0.39 is 0 Å². The Hall–Kier alpha value is -2.87. The van der Waals surface area contributed by atoms with Crippen molar-refractivity contribution in [3.8, 4) is 0 Å². The molecule has 3 aromatic carbocycles. The summed E-state index contributed by atoms with van der Waals surface area (Å²) in [6, 6.07) is 23.0. The molecule has 0 unspecified atom stereocenters. The van der Waals surface area contributed by atoms with E-state index in [9.17, 15) is 0 Å². The van der Waals surface area contributed by atoms with E-state index in [0.717, 1.165) is 11.5 Å². The minimum absolute atomic E-state index is 1.06. The molecule has 2 heteroatoms. The molecule has 21 heavy (non-hydrogen) atoms. The highest BCUT2D eigenvalue weighted by molar-refractivity contribution is 6.19. The summed E-state index contributed by atoms with van der Waals surface area (Å²) in [6.45, 7) is 3.97. The number of amidine groups is 1. The molecular weight excluding hydrogens is 256 g/mol. The van der Waals surface area contributed by atoms with E-state index in [0.29, 0.717) is 0 Å². The van der Waals surface area contributed by atoms with Gasteiger partial charge in [0, 0.05) is 5.39 Å². The van der Waals surface area contributed by atoms with Gasteiger partial charge in [0.25, 0.3) is 5.84 Å². The molecule has 1 N–H and O–H groups in total. The fourth-order valence-corrected chi connectivity index (χ4v) is 2.94. The SMILES string of the molecule is C=C[N+]1=C(Nc2ccccc2)c2cccc3cccc1c23. The van der Waals surface area contributed by atoms with E-state index in [-0.39, 0.29) is 0 Å². The largest absolute Gasteiger partial charge is 0.292 e. The minimum atomic E-state index is 1.06. The number of anilines is 1. The maximum absolute atomic E-state index is 3.97. The molecule has 3 aromatic rings. The molecule has 0 saturated carbocycles. The fraction of sp³-hybridized carbons (Fsp3) is 0. The Balaban J connectivity index is 1.94. The zero-order valence-electron chi connectivity index (χ0n) is 11.6. The standard InChI is InChI=1S/C19H14N2/c1-2-21-17-13-7-9-14-8-6-12-16(18(14)17)19(21)20-15-10-4-3-5-11-15/h2-13H,1H2/p+1.